The van der Waals surface area contributed by atoms with E-state index in [4.69, 9.17) is 5.11 Å². The van der Waals surface area contributed by atoms with E-state index in [9.17, 15) is 17.6 Å². The molecule has 2 rings (SSSR count). The predicted octanol–water partition coefficient (Wildman–Crippen LogP) is 2.71. The number of piperidine rings is 1. The van der Waals surface area contributed by atoms with Gasteiger partial charge < -0.3 is 5.11 Å². The van der Waals surface area contributed by atoms with Crippen molar-refractivity contribution in [2.24, 2.45) is 5.92 Å². The van der Waals surface area contributed by atoms with Crippen molar-refractivity contribution in [2.45, 2.75) is 24.7 Å². The molecule has 1 aliphatic heterocycles. The van der Waals surface area contributed by atoms with E-state index in [0.717, 1.165) is 12.1 Å². The van der Waals surface area contributed by atoms with E-state index >= 15 is 0 Å². The molecule has 116 valence electrons. The summed E-state index contributed by atoms with van der Waals surface area (Å²) >= 11 is 3.03. The lowest BCUT2D eigenvalue weighted by atomic mass is 10.0. The van der Waals surface area contributed by atoms with E-state index in [0.29, 0.717) is 31.8 Å². The number of hydrogen-bond donors (Lipinski definition) is 1. The van der Waals surface area contributed by atoms with Gasteiger partial charge in [0, 0.05) is 17.6 Å². The predicted molar refractivity (Wildman–Crippen MR) is 78.2 cm³/mol. The van der Waals surface area contributed by atoms with Gasteiger partial charge in [0.15, 0.2) is 5.82 Å². The second-order valence-electron chi connectivity index (χ2n) is 5.16. The lowest BCUT2D eigenvalue weighted by Gasteiger charge is -2.29. The highest BCUT2D eigenvalue weighted by Gasteiger charge is 2.32. The summed E-state index contributed by atoms with van der Waals surface area (Å²) in [6.45, 7) is 2.67. The first-order chi connectivity index (χ1) is 9.73. The van der Waals surface area contributed by atoms with Gasteiger partial charge in [-0.2, -0.15) is 4.31 Å². The van der Waals surface area contributed by atoms with Crippen LogP contribution in [0.5, 0.6) is 0 Å². The summed E-state index contributed by atoms with van der Waals surface area (Å²) in [6, 6.07) is 2.16. The highest BCUT2D eigenvalue weighted by molar-refractivity contribution is 9.10. The van der Waals surface area contributed by atoms with Gasteiger partial charge in [-0.3, -0.25) is 0 Å². The Labute approximate surface area is 130 Å². The lowest BCUT2D eigenvalue weighted by molar-refractivity contribution is 0.0691. The molecule has 1 N–H and O–H groups in total. The van der Waals surface area contributed by atoms with E-state index in [-0.39, 0.29) is 4.47 Å². The van der Waals surface area contributed by atoms with Crippen molar-refractivity contribution in [3.05, 3.63) is 28.0 Å². The van der Waals surface area contributed by atoms with Gasteiger partial charge in [-0.1, -0.05) is 22.9 Å². The van der Waals surface area contributed by atoms with Gasteiger partial charge in [0.2, 0.25) is 10.0 Å². The van der Waals surface area contributed by atoms with Crippen LogP contribution in [0.3, 0.4) is 0 Å². The Hall–Kier alpha value is -0.990. The molecule has 1 aliphatic rings. The molecule has 5 nitrogen and oxygen atoms in total. The minimum Gasteiger partial charge on any atom is -0.478 e. The molecule has 0 saturated carbocycles. The van der Waals surface area contributed by atoms with E-state index in [1.54, 1.807) is 0 Å². The van der Waals surface area contributed by atoms with Gasteiger partial charge in [0.05, 0.1) is 5.56 Å². The number of aromatic carboxylic acids is 1. The Kier molecular flexibility index (Phi) is 4.69. The molecule has 1 aromatic rings. The second kappa shape index (κ2) is 6.02. The first kappa shape index (κ1) is 16.4. The zero-order valence-corrected chi connectivity index (χ0v) is 13.7. The fourth-order valence-electron chi connectivity index (χ4n) is 2.27. The standard InChI is InChI=1S/C13H15BrFNO4S/c1-8-2-4-16(5-3-8)21(19,20)11-7-9(14)6-10(12(11)15)13(17)18/h6-8H,2-5H2,1H3,(H,17,18). The number of carboxylic acids is 1. The van der Waals surface area contributed by atoms with Crippen molar-refractivity contribution in [1.82, 2.24) is 4.31 Å². The topological polar surface area (TPSA) is 74.7 Å². The molecule has 21 heavy (non-hydrogen) atoms. The third kappa shape index (κ3) is 3.27. The van der Waals surface area contributed by atoms with Gasteiger partial charge in [-0.15, -0.1) is 0 Å². The number of hydrogen-bond acceptors (Lipinski definition) is 3. The van der Waals surface area contributed by atoms with Crippen LogP contribution in [0.25, 0.3) is 0 Å². The monoisotopic (exact) mass is 379 g/mol. The molecular formula is C13H15BrFNO4S. The smallest absolute Gasteiger partial charge is 0.338 e. The molecule has 0 aromatic heterocycles. The van der Waals surface area contributed by atoms with Crippen molar-refractivity contribution in [1.29, 1.82) is 0 Å². The van der Waals surface area contributed by atoms with Crippen LogP contribution in [0.1, 0.15) is 30.1 Å². The summed E-state index contributed by atoms with van der Waals surface area (Å²) in [5.41, 5.74) is -0.659. The molecule has 0 bridgehead atoms. The highest BCUT2D eigenvalue weighted by atomic mass is 79.9. The summed E-state index contributed by atoms with van der Waals surface area (Å²) in [7, 11) is -4.03. The molecule has 8 heteroatoms. The van der Waals surface area contributed by atoms with Crippen molar-refractivity contribution in [3.63, 3.8) is 0 Å². The Bertz CT molecular complexity index is 669. The summed E-state index contributed by atoms with van der Waals surface area (Å²) < 4.78 is 40.7. The fraction of sp³-hybridized carbons (Fsp3) is 0.462. The molecule has 0 spiro atoms. The maximum atomic E-state index is 14.2. The van der Waals surface area contributed by atoms with Crippen LogP contribution in [0.2, 0.25) is 0 Å². The van der Waals surface area contributed by atoms with Crippen molar-refractivity contribution < 1.29 is 22.7 Å². The quantitative estimate of drug-likeness (QED) is 0.875. The first-order valence-electron chi connectivity index (χ1n) is 6.46. The molecule has 1 heterocycles. The van der Waals surface area contributed by atoms with Gasteiger partial charge in [-0.05, 0) is 30.9 Å². The Balaban J connectivity index is 2.47. The minimum atomic E-state index is -4.03. The van der Waals surface area contributed by atoms with Crippen LogP contribution in [-0.4, -0.2) is 36.9 Å². The van der Waals surface area contributed by atoms with Crippen molar-refractivity contribution in [2.75, 3.05) is 13.1 Å². The third-order valence-electron chi connectivity index (χ3n) is 3.59. The second-order valence-corrected chi connectivity index (χ2v) is 7.98. The maximum absolute atomic E-state index is 14.2. The normalized spacial score (nSPS) is 17.9. The van der Waals surface area contributed by atoms with Crippen LogP contribution >= 0.6 is 15.9 Å². The Morgan fingerprint density at radius 1 is 1.38 bits per heavy atom. The first-order valence-corrected chi connectivity index (χ1v) is 8.69. The van der Waals surface area contributed by atoms with Crippen LogP contribution in [0.15, 0.2) is 21.5 Å². The molecule has 1 fully saturated rings. The zero-order chi connectivity index (χ0) is 15.8. The Morgan fingerprint density at radius 3 is 2.48 bits per heavy atom. The van der Waals surface area contributed by atoms with Gasteiger partial charge >= 0.3 is 5.97 Å². The van der Waals surface area contributed by atoms with Crippen LogP contribution in [0, 0.1) is 11.7 Å². The van der Waals surface area contributed by atoms with Crippen molar-refractivity contribution in [3.8, 4) is 0 Å². The number of halogens is 2. The van der Waals surface area contributed by atoms with E-state index in [2.05, 4.69) is 15.9 Å². The van der Waals surface area contributed by atoms with E-state index in [1.807, 2.05) is 6.92 Å². The van der Waals surface area contributed by atoms with Crippen molar-refractivity contribution >= 4 is 31.9 Å². The number of benzene rings is 1. The van der Waals surface area contributed by atoms with E-state index < -0.39 is 32.3 Å². The maximum Gasteiger partial charge on any atom is 0.338 e. The highest BCUT2D eigenvalue weighted by Crippen LogP contribution is 2.29. The zero-order valence-electron chi connectivity index (χ0n) is 11.3. The lowest BCUT2D eigenvalue weighted by Crippen LogP contribution is -2.38. The number of nitrogens with zero attached hydrogens (tertiary/aromatic N) is 1. The third-order valence-corrected chi connectivity index (χ3v) is 5.95. The van der Waals surface area contributed by atoms with Gasteiger partial charge in [-0.25, -0.2) is 17.6 Å². The number of carbonyl (C=O) groups is 1. The fourth-order valence-corrected chi connectivity index (χ4v) is 4.46. The molecule has 0 radical (unpaired) electrons. The van der Waals surface area contributed by atoms with E-state index in [1.165, 1.54) is 4.31 Å². The Morgan fingerprint density at radius 2 is 1.95 bits per heavy atom. The van der Waals surface area contributed by atoms with Crippen LogP contribution < -0.4 is 0 Å². The average molecular weight is 380 g/mol. The molecule has 1 aromatic carbocycles. The number of sulfonamides is 1. The van der Waals surface area contributed by atoms with Gasteiger partial charge in [0.1, 0.15) is 4.90 Å². The minimum absolute atomic E-state index is 0.213. The number of rotatable bonds is 3. The molecular weight excluding hydrogens is 365 g/mol. The molecule has 0 unspecified atom stereocenters. The van der Waals surface area contributed by atoms with Crippen LogP contribution in [-0.2, 0) is 10.0 Å². The molecule has 1 saturated heterocycles. The van der Waals surface area contributed by atoms with Gasteiger partial charge in [0.25, 0.3) is 0 Å². The summed E-state index contributed by atoms with van der Waals surface area (Å²) in [5.74, 6) is -2.29. The number of carboxylic acid groups (broad SMARTS) is 1. The largest absolute Gasteiger partial charge is 0.478 e. The summed E-state index contributed by atoms with van der Waals surface area (Å²) in [4.78, 5) is 10.4. The molecule has 0 aliphatic carbocycles. The molecule has 0 amide bonds. The summed E-state index contributed by atoms with van der Waals surface area (Å²) in [5, 5.41) is 8.96. The average Bonchev–Trinajstić information content (AvgIpc) is 2.41. The molecule has 0 atom stereocenters. The summed E-state index contributed by atoms with van der Waals surface area (Å²) in [6.07, 6.45) is 1.42. The van der Waals surface area contributed by atoms with Crippen LogP contribution in [0.4, 0.5) is 4.39 Å². The SMILES string of the molecule is CC1CCN(S(=O)(=O)c2cc(Br)cc(C(=O)O)c2F)CC1.